The van der Waals surface area contributed by atoms with Gasteiger partial charge in [-0.2, -0.15) is 0 Å². The maximum atomic E-state index is 12.7. The third kappa shape index (κ3) is 3.71. The highest BCUT2D eigenvalue weighted by Crippen LogP contribution is 2.30. The van der Waals surface area contributed by atoms with Crippen molar-refractivity contribution < 1.29 is 4.79 Å². The monoisotopic (exact) mass is 393 g/mol. The largest absolute Gasteiger partial charge is 0.336 e. The van der Waals surface area contributed by atoms with Crippen LogP contribution in [0, 0.1) is 5.92 Å². The first-order valence-corrected chi connectivity index (χ1v) is 10.7. The minimum Gasteiger partial charge on any atom is -0.336 e. The molecule has 0 bridgehead atoms. The number of carbonyl (C=O) groups is 1. The zero-order valence-corrected chi connectivity index (χ0v) is 16.6. The number of H-pyrrole nitrogens is 1. The lowest BCUT2D eigenvalue weighted by atomic mass is 9.84. The maximum absolute atomic E-state index is 12.7. The predicted octanol–water partition coefficient (Wildman–Crippen LogP) is 1.84. The van der Waals surface area contributed by atoms with Crippen LogP contribution in [0.4, 0.5) is 0 Å². The van der Waals surface area contributed by atoms with Crippen LogP contribution in [0.1, 0.15) is 54.2 Å². The number of rotatable bonds is 4. The van der Waals surface area contributed by atoms with Crippen LogP contribution in [-0.4, -0.2) is 50.3 Å². The summed E-state index contributed by atoms with van der Waals surface area (Å²) in [6.07, 6.45) is 8.44. The molecule has 2 aromatic rings. The molecule has 7 nitrogen and oxygen atoms in total. The lowest BCUT2D eigenvalue weighted by molar-refractivity contribution is -0.139. The van der Waals surface area contributed by atoms with Gasteiger partial charge in [-0.05, 0) is 43.9 Å². The SMILES string of the molecule is O=C(C1CCC1)N1CCc2c(nc([C@@H]3CCN(Cc4cccnc4)C3)[nH]c2=O)C1. The van der Waals surface area contributed by atoms with Gasteiger partial charge in [-0.1, -0.05) is 12.5 Å². The van der Waals surface area contributed by atoms with E-state index in [1.165, 1.54) is 5.56 Å². The molecule has 2 fully saturated rings. The second-order valence-electron chi connectivity index (χ2n) is 8.60. The van der Waals surface area contributed by atoms with Crippen molar-refractivity contribution in [1.29, 1.82) is 0 Å². The predicted molar refractivity (Wildman–Crippen MR) is 108 cm³/mol. The van der Waals surface area contributed by atoms with Gasteiger partial charge in [0, 0.05) is 49.4 Å². The summed E-state index contributed by atoms with van der Waals surface area (Å²) in [5.41, 5.74) is 2.74. The fourth-order valence-electron chi connectivity index (χ4n) is 4.70. The maximum Gasteiger partial charge on any atom is 0.254 e. The number of amides is 1. The normalized spacial score (nSPS) is 22.3. The zero-order valence-electron chi connectivity index (χ0n) is 16.6. The lowest BCUT2D eigenvalue weighted by Gasteiger charge is -2.34. The minimum absolute atomic E-state index is 0.0218. The molecule has 1 amide bonds. The Hall–Kier alpha value is -2.54. The molecule has 1 N–H and O–H groups in total. The van der Waals surface area contributed by atoms with E-state index in [4.69, 9.17) is 4.98 Å². The minimum atomic E-state index is -0.0218. The van der Waals surface area contributed by atoms with Gasteiger partial charge in [-0.3, -0.25) is 19.5 Å². The third-order valence-electron chi connectivity index (χ3n) is 6.65. The van der Waals surface area contributed by atoms with Crippen molar-refractivity contribution in [2.24, 2.45) is 5.92 Å². The van der Waals surface area contributed by atoms with E-state index in [2.05, 4.69) is 20.9 Å². The van der Waals surface area contributed by atoms with E-state index >= 15 is 0 Å². The van der Waals surface area contributed by atoms with E-state index in [1.807, 2.05) is 17.2 Å². The fraction of sp³-hybridized carbons (Fsp3) is 0.545. The Morgan fingerprint density at radius 3 is 2.90 bits per heavy atom. The van der Waals surface area contributed by atoms with Crippen molar-refractivity contribution in [3.05, 3.63) is 57.5 Å². The van der Waals surface area contributed by atoms with Crippen molar-refractivity contribution in [3.8, 4) is 0 Å². The molecule has 1 atom stereocenters. The molecule has 3 aliphatic rings. The van der Waals surface area contributed by atoms with Gasteiger partial charge < -0.3 is 9.88 Å². The van der Waals surface area contributed by atoms with Gasteiger partial charge >= 0.3 is 0 Å². The molecule has 4 heterocycles. The smallest absolute Gasteiger partial charge is 0.254 e. The molecule has 152 valence electrons. The molecule has 29 heavy (non-hydrogen) atoms. The first kappa shape index (κ1) is 18.5. The Morgan fingerprint density at radius 1 is 1.24 bits per heavy atom. The zero-order chi connectivity index (χ0) is 19.8. The average molecular weight is 393 g/mol. The van der Waals surface area contributed by atoms with Crippen molar-refractivity contribution in [2.45, 2.75) is 51.1 Å². The number of fused-ring (bicyclic) bond motifs is 1. The molecule has 0 radical (unpaired) electrons. The Balaban J connectivity index is 1.30. The molecule has 1 aliphatic carbocycles. The molecule has 2 aromatic heterocycles. The number of hydrogen-bond acceptors (Lipinski definition) is 5. The summed E-state index contributed by atoms with van der Waals surface area (Å²) < 4.78 is 0. The van der Waals surface area contributed by atoms with Crippen LogP contribution < -0.4 is 5.56 Å². The van der Waals surface area contributed by atoms with Crippen molar-refractivity contribution in [3.63, 3.8) is 0 Å². The van der Waals surface area contributed by atoms with Crippen LogP contribution in [-0.2, 0) is 24.3 Å². The molecule has 1 saturated carbocycles. The molecule has 0 aromatic carbocycles. The van der Waals surface area contributed by atoms with Crippen LogP contribution in [0.25, 0.3) is 0 Å². The quantitative estimate of drug-likeness (QED) is 0.857. The number of aromatic amines is 1. The second kappa shape index (κ2) is 7.71. The highest BCUT2D eigenvalue weighted by Gasteiger charge is 2.33. The van der Waals surface area contributed by atoms with Gasteiger partial charge in [-0.25, -0.2) is 4.98 Å². The van der Waals surface area contributed by atoms with Crippen LogP contribution in [0.2, 0.25) is 0 Å². The Labute approximate surface area is 170 Å². The number of hydrogen-bond donors (Lipinski definition) is 1. The van der Waals surface area contributed by atoms with Gasteiger partial charge in [0.1, 0.15) is 5.82 Å². The van der Waals surface area contributed by atoms with E-state index in [0.29, 0.717) is 19.5 Å². The molecule has 5 rings (SSSR count). The summed E-state index contributed by atoms with van der Waals surface area (Å²) in [6.45, 7) is 3.83. The average Bonchev–Trinajstić information content (AvgIpc) is 3.15. The number of nitrogens with zero attached hydrogens (tertiary/aromatic N) is 4. The van der Waals surface area contributed by atoms with E-state index < -0.39 is 0 Å². The van der Waals surface area contributed by atoms with Crippen molar-refractivity contribution in [1.82, 2.24) is 24.8 Å². The lowest BCUT2D eigenvalue weighted by Crippen LogP contribution is -2.43. The van der Waals surface area contributed by atoms with E-state index in [9.17, 15) is 9.59 Å². The van der Waals surface area contributed by atoms with Crippen LogP contribution in [0.5, 0.6) is 0 Å². The molecule has 7 heteroatoms. The highest BCUT2D eigenvalue weighted by molar-refractivity contribution is 5.79. The first-order chi connectivity index (χ1) is 14.2. The summed E-state index contributed by atoms with van der Waals surface area (Å²) in [5, 5.41) is 0. The number of pyridine rings is 1. The summed E-state index contributed by atoms with van der Waals surface area (Å²) in [4.78, 5) is 41.7. The number of nitrogens with one attached hydrogen (secondary N) is 1. The molecule has 2 aliphatic heterocycles. The summed E-state index contributed by atoms with van der Waals surface area (Å²) in [7, 11) is 0. The fourth-order valence-corrected chi connectivity index (χ4v) is 4.70. The molecule has 0 spiro atoms. The van der Waals surface area contributed by atoms with E-state index in [1.54, 1.807) is 6.20 Å². The third-order valence-corrected chi connectivity index (χ3v) is 6.65. The first-order valence-electron chi connectivity index (χ1n) is 10.7. The molecular weight excluding hydrogens is 366 g/mol. The van der Waals surface area contributed by atoms with Gasteiger partial charge in [0.25, 0.3) is 5.56 Å². The van der Waals surface area contributed by atoms with Crippen LogP contribution >= 0.6 is 0 Å². The Bertz CT molecular complexity index is 953. The number of carbonyl (C=O) groups excluding carboxylic acids is 1. The van der Waals surface area contributed by atoms with Crippen LogP contribution in [0.3, 0.4) is 0 Å². The van der Waals surface area contributed by atoms with Gasteiger partial charge in [-0.15, -0.1) is 0 Å². The standard InChI is InChI=1S/C22H27N5O2/c28-21-18-7-10-27(22(29)16-4-1-5-16)14-19(18)24-20(25-21)17-6-9-26(13-17)12-15-3-2-8-23-11-15/h2-3,8,11,16-17H,1,4-7,9-10,12-14H2,(H,24,25,28)/t17-/m1/s1. The number of likely N-dealkylation sites (tertiary alicyclic amines) is 1. The molecule has 1 saturated heterocycles. The van der Waals surface area contributed by atoms with Crippen molar-refractivity contribution >= 4 is 5.91 Å². The summed E-state index contributed by atoms with van der Waals surface area (Å²) >= 11 is 0. The van der Waals surface area contributed by atoms with Gasteiger partial charge in [0.2, 0.25) is 5.91 Å². The summed E-state index contributed by atoms with van der Waals surface area (Å²) in [5.74, 6) is 1.44. The van der Waals surface area contributed by atoms with Crippen LogP contribution in [0.15, 0.2) is 29.3 Å². The number of aromatic nitrogens is 3. The topological polar surface area (TPSA) is 82.2 Å². The second-order valence-corrected chi connectivity index (χ2v) is 8.60. The Morgan fingerprint density at radius 2 is 2.14 bits per heavy atom. The van der Waals surface area contributed by atoms with E-state index in [-0.39, 0.29) is 23.3 Å². The van der Waals surface area contributed by atoms with E-state index in [0.717, 1.165) is 62.4 Å². The van der Waals surface area contributed by atoms with Gasteiger partial charge in [0.15, 0.2) is 0 Å². The Kier molecular flexibility index (Phi) is 4.91. The molecular formula is C22H27N5O2. The van der Waals surface area contributed by atoms with Crippen molar-refractivity contribution in [2.75, 3.05) is 19.6 Å². The van der Waals surface area contributed by atoms with Gasteiger partial charge in [0.05, 0.1) is 12.2 Å². The molecule has 0 unspecified atom stereocenters. The highest BCUT2D eigenvalue weighted by atomic mass is 16.2. The summed E-state index contributed by atoms with van der Waals surface area (Å²) in [6, 6.07) is 4.05.